The average Bonchev–Trinajstić information content (AvgIpc) is 2.74. The van der Waals surface area contributed by atoms with Gasteiger partial charge in [0.1, 0.15) is 6.10 Å². The first-order valence-electron chi connectivity index (χ1n) is 5.87. The Kier molecular flexibility index (Phi) is 3.59. The molecule has 0 radical (unpaired) electrons. The third-order valence-corrected chi connectivity index (χ3v) is 3.28. The molecule has 2 aliphatic rings. The minimum Gasteiger partial charge on any atom is -0.391 e. The molecule has 4 heteroatoms. The van der Waals surface area contributed by atoms with Crippen LogP contribution in [0.25, 0.3) is 0 Å². The summed E-state index contributed by atoms with van der Waals surface area (Å²) in [5.74, 6) is -0.0431. The highest BCUT2D eigenvalue weighted by Gasteiger charge is 2.29. The monoisotopic (exact) mass is 213 g/mol. The first kappa shape index (κ1) is 10.9. The second-order valence-electron chi connectivity index (χ2n) is 4.47. The topological polar surface area (TPSA) is 58.6 Å². The Labute approximate surface area is 90.0 Å². The van der Waals surface area contributed by atoms with Crippen molar-refractivity contribution in [3.8, 4) is 0 Å². The number of nitrogens with one attached hydrogen (secondary N) is 1. The minimum absolute atomic E-state index is 0.0431. The van der Waals surface area contributed by atoms with E-state index < -0.39 is 0 Å². The summed E-state index contributed by atoms with van der Waals surface area (Å²) in [4.78, 5) is 11.7. The number of carbonyl (C=O) groups excluding carboxylic acids is 1. The van der Waals surface area contributed by atoms with E-state index in [2.05, 4.69) is 5.32 Å². The molecule has 2 fully saturated rings. The van der Waals surface area contributed by atoms with Crippen molar-refractivity contribution < 1.29 is 14.6 Å². The van der Waals surface area contributed by atoms with E-state index in [0.717, 1.165) is 38.5 Å². The molecule has 1 saturated heterocycles. The summed E-state index contributed by atoms with van der Waals surface area (Å²) >= 11 is 0. The molecule has 2 N–H and O–H groups in total. The summed E-state index contributed by atoms with van der Waals surface area (Å²) < 4.78 is 5.30. The molecule has 1 saturated carbocycles. The second kappa shape index (κ2) is 4.94. The van der Waals surface area contributed by atoms with Crippen molar-refractivity contribution in [2.45, 2.75) is 56.8 Å². The Balaban J connectivity index is 1.81. The summed E-state index contributed by atoms with van der Waals surface area (Å²) in [6, 6.07) is -0.0598. The number of ether oxygens (including phenoxy) is 1. The van der Waals surface area contributed by atoms with Crippen molar-refractivity contribution in [3.05, 3.63) is 0 Å². The van der Waals surface area contributed by atoms with Crippen LogP contribution < -0.4 is 5.32 Å². The van der Waals surface area contributed by atoms with Gasteiger partial charge in [-0.05, 0) is 25.7 Å². The molecule has 3 atom stereocenters. The van der Waals surface area contributed by atoms with Crippen molar-refractivity contribution in [1.29, 1.82) is 0 Å². The van der Waals surface area contributed by atoms with Gasteiger partial charge >= 0.3 is 0 Å². The first-order valence-corrected chi connectivity index (χ1v) is 5.87. The zero-order chi connectivity index (χ0) is 10.7. The van der Waals surface area contributed by atoms with Crippen molar-refractivity contribution in [3.63, 3.8) is 0 Å². The van der Waals surface area contributed by atoms with Crippen LogP contribution >= 0.6 is 0 Å². The molecular weight excluding hydrogens is 194 g/mol. The van der Waals surface area contributed by atoms with E-state index in [-0.39, 0.29) is 24.2 Å². The third kappa shape index (κ3) is 2.69. The molecule has 0 aromatic heterocycles. The fourth-order valence-corrected chi connectivity index (χ4v) is 2.34. The average molecular weight is 213 g/mol. The van der Waals surface area contributed by atoms with E-state index in [1.54, 1.807) is 0 Å². The van der Waals surface area contributed by atoms with E-state index in [9.17, 15) is 9.90 Å². The molecule has 86 valence electrons. The molecule has 4 nitrogen and oxygen atoms in total. The van der Waals surface area contributed by atoms with Crippen molar-refractivity contribution in [1.82, 2.24) is 5.32 Å². The fourth-order valence-electron chi connectivity index (χ4n) is 2.34. The van der Waals surface area contributed by atoms with Gasteiger partial charge in [0.2, 0.25) is 5.91 Å². The van der Waals surface area contributed by atoms with E-state index in [0.29, 0.717) is 6.61 Å². The molecule has 1 aliphatic carbocycles. The molecule has 0 bridgehead atoms. The van der Waals surface area contributed by atoms with Gasteiger partial charge in [0.25, 0.3) is 0 Å². The molecule has 2 unspecified atom stereocenters. The zero-order valence-corrected chi connectivity index (χ0v) is 8.95. The lowest BCUT2D eigenvalue weighted by Crippen LogP contribution is -2.48. The number of aliphatic hydroxyl groups is 1. The van der Waals surface area contributed by atoms with Crippen LogP contribution in [0.1, 0.15) is 38.5 Å². The molecule has 0 aromatic rings. The van der Waals surface area contributed by atoms with Crippen molar-refractivity contribution >= 4 is 5.91 Å². The maximum absolute atomic E-state index is 11.7. The zero-order valence-electron chi connectivity index (χ0n) is 8.95. The molecule has 1 heterocycles. The van der Waals surface area contributed by atoms with Gasteiger partial charge in [0.15, 0.2) is 0 Å². The van der Waals surface area contributed by atoms with E-state index in [1.165, 1.54) is 0 Å². The predicted octanol–water partition coefficient (Wildman–Crippen LogP) is 0.585. The Morgan fingerprint density at radius 1 is 1.20 bits per heavy atom. The normalized spacial score (nSPS) is 36.5. The maximum Gasteiger partial charge on any atom is 0.249 e. The van der Waals surface area contributed by atoms with Crippen LogP contribution in [0, 0.1) is 0 Å². The van der Waals surface area contributed by atoms with Crippen molar-refractivity contribution in [2.24, 2.45) is 0 Å². The highest BCUT2D eigenvalue weighted by molar-refractivity contribution is 5.81. The standard InChI is InChI=1S/C11H19NO3/c13-9-5-2-1-4-8(9)12-11(14)10-6-3-7-15-10/h8-10,13H,1-7H2,(H,12,14)/t8?,9?,10-/m1/s1. The van der Waals surface area contributed by atoms with Gasteiger partial charge in [-0.15, -0.1) is 0 Å². The van der Waals surface area contributed by atoms with Gasteiger partial charge in [-0.3, -0.25) is 4.79 Å². The van der Waals surface area contributed by atoms with Gasteiger partial charge in [-0.25, -0.2) is 0 Å². The van der Waals surface area contributed by atoms with Crippen LogP contribution in [0.5, 0.6) is 0 Å². The maximum atomic E-state index is 11.7. The number of hydrogen-bond donors (Lipinski definition) is 2. The van der Waals surface area contributed by atoms with Crippen LogP contribution in [0.15, 0.2) is 0 Å². The predicted molar refractivity (Wildman–Crippen MR) is 55.4 cm³/mol. The van der Waals surface area contributed by atoms with E-state index in [4.69, 9.17) is 4.74 Å². The van der Waals surface area contributed by atoms with Crippen LogP contribution in [0.2, 0.25) is 0 Å². The highest BCUT2D eigenvalue weighted by atomic mass is 16.5. The second-order valence-corrected chi connectivity index (χ2v) is 4.47. The number of carbonyl (C=O) groups is 1. The molecule has 1 amide bonds. The summed E-state index contributed by atoms with van der Waals surface area (Å²) in [5.41, 5.74) is 0. The molecule has 1 aliphatic heterocycles. The summed E-state index contributed by atoms with van der Waals surface area (Å²) in [6.07, 6.45) is 4.97. The summed E-state index contributed by atoms with van der Waals surface area (Å²) in [6.45, 7) is 0.686. The Bertz CT molecular complexity index is 226. The highest BCUT2D eigenvalue weighted by Crippen LogP contribution is 2.19. The van der Waals surface area contributed by atoms with Crippen LogP contribution in [0.3, 0.4) is 0 Å². The van der Waals surface area contributed by atoms with Gasteiger partial charge in [0, 0.05) is 6.61 Å². The molecular formula is C11H19NO3. The molecule has 0 spiro atoms. The largest absolute Gasteiger partial charge is 0.391 e. The smallest absolute Gasteiger partial charge is 0.249 e. The summed E-state index contributed by atoms with van der Waals surface area (Å²) in [5, 5.41) is 12.6. The van der Waals surface area contributed by atoms with Gasteiger partial charge in [0.05, 0.1) is 12.1 Å². The molecule has 0 aromatic carbocycles. The first-order chi connectivity index (χ1) is 7.27. The van der Waals surface area contributed by atoms with Gasteiger partial charge in [-0.2, -0.15) is 0 Å². The summed E-state index contributed by atoms with van der Waals surface area (Å²) in [7, 11) is 0. The number of hydrogen-bond acceptors (Lipinski definition) is 3. The van der Waals surface area contributed by atoms with Crippen LogP contribution in [-0.4, -0.2) is 35.9 Å². The van der Waals surface area contributed by atoms with Crippen LogP contribution in [-0.2, 0) is 9.53 Å². The molecule has 2 rings (SSSR count). The minimum atomic E-state index is -0.371. The Hall–Kier alpha value is -0.610. The fraction of sp³-hybridized carbons (Fsp3) is 0.909. The SMILES string of the molecule is O=C(NC1CCCCC1O)[C@H]1CCCO1. The molecule has 15 heavy (non-hydrogen) atoms. The van der Waals surface area contributed by atoms with Crippen molar-refractivity contribution in [2.75, 3.05) is 6.61 Å². The van der Waals surface area contributed by atoms with E-state index in [1.807, 2.05) is 0 Å². The Morgan fingerprint density at radius 3 is 2.67 bits per heavy atom. The van der Waals surface area contributed by atoms with Gasteiger partial charge in [-0.1, -0.05) is 12.8 Å². The quantitative estimate of drug-likeness (QED) is 0.705. The number of rotatable bonds is 2. The number of amides is 1. The lowest BCUT2D eigenvalue weighted by Gasteiger charge is -2.29. The number of aliphatic hydroxyl groups excluding tert-OH is 1. The van der Waals surface area contributed by atoms with Gasteiger partial charge < -0.3 is 15.2 Å². The third-order valence-electron chi connectivity index (χ3n) is 3.28. The lowest BCUT2D eigenvalue weighted by atomic mass is 9.92. The van der Waals surface area contributed by atoms with Crippen LogP contribution in [0.4, 0.5) is 0 Å². The van der Waals surface area contributed by atoms with E-state index >= 15 is 0 Å². The lowest BCUT2D eigenvalue weighted by molar-refractivity contribution is -0.132. The Morgan fingerprint density at radius 2 is 2.00 bits per heavy atom.